The summed E-state index contributed by atoms with van der Waals surface area (Å²) in [6, 6.07) is 8.10. The lowest BCUT2D eigenvalue weighted by Gasteiger charge is -2.42. The Balaban J connectivity index is 1.81. The van der Waals surface area contributed by atoms with Crippen molar-refractivity contribution in [2.45, 2.75) is 32.1 Å². The van der Waals surface area contributed by atoms with E-state index in [-0.39, 0.29) is 17.6 Å². The number of thiophene rings is 1. The monoisotopic (exact) mass is 486 g/mol. The quantitative estimate of drug-likeness (QED) is 0.489. The van der Waals surface area contributed by atoms with Gasteiger partial charge in [0.2, 0.25) is 0 Å². The van der Waals surface area contributed by atoms with E-state index in [2.05, 4.69) is 11.9 Å². The second-order valence-corrected chi connectivity index (χ2v) is 8.98. The molecule has 34 heavy (non-hydrogen) atoms. The normalized spacial score (nSPS) is 18.7. The fourth-order valence-electron chi connectivity index (χ4n) is 4.15. The molecule has 2 aliphatic rings. The van der Waals surface area contributed by atoms with Gasteiger partial charge in [-0.25, -0.2) is 4.39 Å². The molecule has 8 heteroatoms. The number of fused-ring (bicyclic) bond motifs is 1. The van der Waals surface area contributed by atoms with Gasteiger partial charge < -0.3 is 10.2 Å². The number of nitrogens with one attached hydrogen (secondary N) is 1. The van der Waals surface area contributed by atoms with Gasteiger partial charge in [-0.1, -0.05) is 30.9 Å². The van der Waals surface area contributed by atoms with Crippen LogP contribution in [-0.2, 0) is 11.3 Å². The maximum absolute atomic E-state index is 14.1. The van der Waals surface area contributed by atoms with Crippen LogP contribution in [0.15, 0.2) is 95.2 Å². The average molecular weight is 487 g/mol. The van der Waals surface area contributed by atoms with Gasteiger partial charge in [-0.2, -0.15) is 13.2 Å². The minimum atomic E-state index is -4.62. The predicted molar refractivity (Wildman–Crippen MR) is 126 cm³/mol. The van der Waals surface area contributed by atoms with E-state index in [1.807, 2.05) is 17.5 Å². The van der Waals surface area contributed by atoms with E-state index < -0.39 is 29.5 Å². The van der Waals surface area contributed by atoms with Crippen LogP contribution in [0.3, 0.4) is 0 Å². The third-order valence-electron chi connectivity index (χ3n) is 5.65. The van der Waals surface area contributed by atoms with Gasteiger partial charge in [0.15, 0.2) is 0 Å². The SMILES string of the molecule is C=C1CC2C(C(F)(F)F)=CC(c3cccc(F)c3)=CN2C(/C=C\C)=C1C(=O)NCc1cccs1. The predicted octanol–water partition coefficient (Wildman–Crippen LogP) is 6.51. The highest BCUT2D eigenvalue weighted by molar-refractivity contribution is 7.09. The number of amides is 1. The van der Waals surface area contributed by atoms with Crippen molar-refractivity contribution < 1.29 is 22.4 Å². The lowest BCUT2D eigenvalue weighted by molar-refractivity contribution is -0.117. The smallest absolute Gasteiger partial charge is 0.347 e. The average Bonchev–Trinajstić information content (AvgIpc) is 3.30. The number of nitrogens with zero attached hydrogens (tertiary/aromatic N) is 1. The molecule has 0 saturated carbocycles. The van der Waals surface area contributed by atoms with Gasteiger partial charge in [-0.15, -0.1) is 11.3 Å². The fraction of sp³-hybridized carbons (Fsp3) is 0.192. The maximum atomic E-state index is 14.1. The van der Waals surface area contributed by atoms with E-state index in [0.29, 0.717) is 23.4 Å². The number of allylic oxidation sites excluding steroid dienone is 4. The minimum absolute atomic E-state index is 0.0684. The maximum Gasteiger partial charge on any atom is 0.414 e. The van der Waals surface area contributed by atoms with Crippen molar-refractivity contribution in [3.8, 4) is 0 Å². The van der Waals surface area contributed by atoms with E-state index in [0.717, 1.165) is 11.0 Å². The van der Waals surface area contributed by atoms with Crippen molar-refractivity contribution in [1.29, 1.82) is 0 Å². The second-order valence-electron chi connectivity index (χ2n) is 7.95. The van der Waals surface area contributed by atoms with Crippen molar-refractivity contribution in [3.05, 3.63) is 111 Å². The molecule has 1 aromatic heterocycles. The number of carbonyl (C=O) groups excluding carboxylic acids is 1. The Morgan fingerprint density at radius 2 is 2.09 bits per heavy atom. The van der Waals surface area contributed by atoms with Crippen LogP contribution in [0.25, 0.3) is 5.57 Å². The molecule has 0 bridgehead atoms. The van der Waals surface area contributed by atoms with Crippen LogP contribution in [0.2, 0.25) is 0 Å². The summed E-state index contributed by atoms with van der Waals surface area (Å²) >= 11 is 1.49. The van der Waals surface area contributed by atoms with E-state index in [1.165, 1.54) is 34.4 Å². The highest BCUT2D eigenvalue weighted by Crippen LogP contribution is 2.44. The van der Waals surface area contributed by atoms with Gasteiger partial charge in [0.25, 0.3) is 5.91 Å². The topological polar surface area (TPSA) is 32.3 Å². The number of benzene rings is 1. The van der Waals surface area contributed by atoms with E-state index in [1.54, 1.807) is 31.3 Å². The van der Waals surface area contributed by atoms with Gasteiger partial charge in [-0.3, -0.25) is 4.79 Å². The summed E-state index contributed by atoms with van der Waals surface area (Å²) in [6.45, 7) is 5.98. The number of hydrogen-bond acceptors (Lipinski definition) is 3. The summed E-state index contributed by atoms with van der Waals surface area (Å²) in [5, 5.41) is 4.74. The van der Waals surface area contributed by atoms with Crippen LogP contribution in [0.5, 0.6) is 0 Å². The van der Waals surface area contributed by atoms with Crippen LogP contribution in [0.1, 0.15) is 23.8 Å². The van der Waals surface area contributed by atoms with Gasteiger partial charge in [0.1, 0.15) is 5.82 Å². The number of halogens is 4. The fourth-order valence-corrected chi connectivity index (χ4v) is 4.80. The largest absolute Gasteiger partial charge is 0.414 e. The number of carbonyl (C=O) groups is 1. The van der Waals surface area contributed by atoms with E-state index in [9.17, 15) is 22.4 Å². The van der Waals surface area contributed by atoms with Crippen molar-refractivity contribution in [2.24, 2.45) is 0 Å². The zero-order valence-corrected chi connectivity index (χ0v) is 19.1. The Labute approximate surface area is 199 Å². The third-order valence-corrected chi connectivity index (χ3v) is 6.53. The first-order valence-corrected chi connectivity index (χ1v) is 11.5. The molecule has 1 aromatic carbocycles. The van der Waals surface area contributed by atoms with Crippen molar-refractivity contribution in [1.82, 2.24) is 10.2 Å². The summed E-state index contributed by atoms with van der Waals surface area (Å²) in [4.78, 5) is 15.6. The van der Waals surface area contributed by atoms with Gasteiger partial charge >= 0.3 is 6.18 Å². The highest BCUT2D eigenvalue weighted by atomic mass is 32.1. The standard InChI is InChI=1S/C26H22F4N2OS/c1-3-6-22-24(25(33)31-14-20-9-5-10-34-20)16(2)11-23-21(26(28,29)30)13-18(15-32(22)23)17-7-4-8-19(27)12-17/h3-10,12-13,15,23H,2,11,14H2,1H3,(H,31,33)/b6-3-. The molecule has 0 radical (unpaired) electrons. The lowest BCUT2D eigenvalue weighted by Crippen LogP contribution is -2.44. The number of alkyl halides is 3. The van der Waals surface area contributed by atoms with Gasteiger partial charge in [0, 0.05) is 11.1 Å². The first-order valence-electron chi connectivity index (χ1n) is 10.6. The molecule has 1 unspecified atom stereocenters. The van der Waals surface area contributed by atoms with Crippen LogP contribution in [0, 0.1) is 5.82 Å². The summed E-state index contributed by atoms with van der Waals surface area (Å²) in [7, 11) is 0. The van der Waals surface area contributed by atoms with Crippen LogP contribution in [0.4, 0.5) is 17.6 Å². The summed E-state index contributed by atoms with van der Waals surface area (Å²) in [6.07, 6.45) is 1.19. The summed E-state index contributed by atoms with van der Waals surface area (Å²) in [5.74, 6) is -0.957. The molecule has 1 atom stereocenters. The molecule has 2 aromatic rings. The molecule has 2 aliphatic heterocycles. The first kappa shape index (κ1) is 23.8. The Kier molecular flexibility index (Phi) is 6.61. The van der Waals surface area contributed by atoms with E-state index >= 15 is 0 Å². The number of hydrogen-bond donors (Lipinski definition) is 1. The Morgan fingerprint density at radius 3 is 2.74 bits per heavy atom. The molecule has 3 nitrogen and oxygen atoms in total. The Morgan fingerprint density at radius 1 is 1.29 bits per heavy atom. The van der Waals surface area contributed by atoms with Crippen LogP contribution < -0.4 is 5.32 Å². The van der Waals surface area contributed by atoms with Crippen molar-refractivity contribution >= 4 is 22.8 Å². The van der Waals surface area contributed by atoms with E-state index in [4.69, 9.17) is 0 Å². The molecule has 3 heterocycles. The summed E-state index contributed by atoms with van der Waals surface area (Å²) in [5.41, 5.74) is 0.635. The molecular formula is C26H22F4N2OS. The molecular weight excluding hydrogens is 464 g/mol. The zero-order chi connectivity index (χ0) is 24.5. The molecule has 1 amide bonds. The molecule has 0 spiro atoms. The first-order chi connectivity index (χ1) is 16.2. The number of rotatable bonds is 5. The molecule has 0 fully saturated rings. The van der Waals surface area contributed by atoms with Crippen molar-refractivity contribution in [2.75, 3.05) is 0 Å². The zero-order valence-electron chi connectivity index (χ0n) is 18.3. The molecule has 1 N–H and O–H groups in total. The molecule has 4 rings (SSSR count). The molecule has 0 aliphatic carbocycles. The van der Waals surface area contributed by atoms with Crippen LogP contribution in [-0.4, -0.2) is 23.0 Å². The van der Waals surface area contributed by atoms with Gasteiger partial charge in [-0.05, 0) is 65.8 Å². The van der Waals surface area contributed by atoms with Gasteiger partial charge in [0.05, 0.1) is 29.4 Å². The molecule has 0 saturated heterocycles. The lowest BCUT2D eigenvalue weighted by atomic mass is 9.84. The Hall–Kier alpha value is -3.39. The second kappa shape index (κ2) is 9.46. The Bertz CT molecular complexity index is 1240. The van der Waals surface area contributed by atoms with Crippen molar-refractivity contribution in [3.63, 3.8) is 0 Å². The van der Waals surface area contributed by atoms with Crippen LogP contribution >= 0.6 is 11.3 Å². The third kappa shape index (κ3) is 4.77. The summed E-state index contributed by atoms with van der Waals surface area (Å²) < 4.78 is 56.2. The highest BCUT2D eigenvalue weighted by Gasteiger charge is 2.46. The minimum Gasteiger partial charge on any atom is -0.347 e. The molecule has 176 valence electrons.